The number of ether oxygens (including phenoxy) is 2. The van der Waals surface area contributed by atoms with Gasteiger partial charge in [0.2, 0.25) is 6.10 Å². The zero-order valence-electron chi connectivity index (χ0n) is 11.9. The number of nitriles is 1. The molecule has 2 atom stereocenters. The van der Waals surface area contributed by atoms with Gasteiger partial charge in [-0.05, 0) is 12.8 Å². The topological polar surface area (TPSA) is 76.4 Å². The average molecular weight is 364 g/mol. The molecule has 0 aliphatic heterocycles. The fraction of sp³-hybridized carbons (Fsp3) is 0.312. The van der Waals surface area contributed by atoms with E-state index in [2.05, 4.69) is 22.0 Å². The van der Waals surface area contributed by atoms with Crippen molar-refractivity contribution in [2.75, 3.05) is 0 Å². The Bertz CT molecular complexity index is 648. The van der Waals surface area contributed by atoms with Crippen LogP contribution in [-0.4, -0.2) is 18.0 Å². The molecule has 0 aromatic heterocycles. The number of allylic oxidation sites excluding steroid dienone is 1. The lowest BCUT2D eigenvalue weighted by molar-refractivity contribution is -0.169. The van der Waals surface area contributed by atoms with E-state index < -0.39 is 24.1 Å². The van der Waals surface area contributed by atoms with E-state index in [1.165, 1.54) is 6.92 Å². The number of halogens is 1. The predicted octanol–water partition coefficient (Wildman–Crippen LogP) is 3.17. The maximum absolute atomic E-state index is 12.3. The molecule has 0 heterocycles. The Labute approximate surface area is 136 Å². The van der Waals surface area contributed by atoms with Crippen molar-refractivity contribution in [2.45, 2.75) is 32.0 Å². The normalized spacial score (nSPS) is 18.5. The highest BCUT2D eigenvalue weighted by Gasteiger charge is 2.32. The molecule has 22 heavy (non-hydrogen) atoms. The number of hydrogen-bond donors (Lipinski definition) is 0. The van der Waals surface area contributed by atoms with Crippen LogP contribution in [0.3, 0.4) is 0 Å². The number of hydrogen-bond acceptors (Lipinski definition) is 5. The minimum absolute atomic E-state index is 0.510. The molecule has 0 unspecified atom stereocenters. The third-order valence-electron chi connectivity index (χ3n) is 3.22. The Kier molecular flexibility index (Phi) is 5.34. The van der Waals surface area contributed by atoms with Gasteiger partial charge in [0.05, 0.1) is 6.07 Å². The smallest absolute Gasteiger partial charge is 0.352 e. The average Bonchev–Trinajstić information content (AvgIpc) is 2.86. The van der Waals surface area contributed by atoms with Crippen LogP contribution in [0.2, 0.25) is 0 Å². The highest BCUT2D eigenvalue weighted by atomic mass is 79.9. The zero-order chi connectivity index (χ0) is 16.1. The van der Waals surface area contributed by atoms with E-state index in [0.29, 0.717) is 28.5 Å². The van der Waals surface area contributed by atoms with Gasteiger partial charge in [0.15, 0.2) is 0 Å². The second kappa shape index (κ2) is 7.23. The summed E-state index contributed by atoms with van der Waals surface area (Å²) in [4.78, 5) is 23.6. The van der Waals surface area contributed by atoms with E-state index in [4.69, 9.17) is 14.7 Å². The maximum Gasteiger partial charge on any atom is 0.352 e. The number of nitrogens with zero attached hydrogens (tertiary/aromatic N) is 1. The highest BCUT2D eigenvalue weighted by Crippen LogP contribution is 2.34. The largest absolute Gasteiger partial charge is 0.454 e. The summed E-state index contributed by atoms with van der Waals surface area (Å²) in [7, 11) is 0. The molecule has 0 fully saturated rings. The second-order valence-corrected chi connectivity index (χ2v) is 5.66. The quantitative estimate of drug-likeness (QED) is 0.767. The summed E-state index contributed by atoms with van der Waals surface area (Å²) < 4.78 is 11.1. The van der Waals surface area contributed by atoms with Crippen LogP contribution < -0.4 is 0 Å². The van der Waals surface area contributed by atoms with Crippen LogP contribution in [0, 0.1) is 11.3 Å². The van der Waals surface area contributed by atoms with Gasteiger partial charge >= 0.3 is 11.9 Å². The van der Waals surface area contributed by atoms with Gasteiger partial charge in [-0.3, -0.25) is 4.79 Å². The van der Waals surface area contributed by atoms with Crippen LogP contribution in [0.5, 0.6) is 0 Å². The van der Waals surface area contributed by atoms with Gasteiger partial charge in [0, 0.05) is 22.5 Å². The van der Waals surface area contributed by atoms with Gasteiger partial charge in [-0.2, -0.15) is 5.26 Å². The maximum atomic E-state index is 12.3. The minimum Gasteiger partial charge on any atom is -0.454 e. The summed E-state index contributed by atoms with van der Waals surface area (Å²) in [6.45, 7) is 1.24. The molecule has 114 valence electrons. The van der Waals surface area contributed by atoms with Gasteiger partial charge in [0.25, 0.3) is 0 Å². The predicted molar refractivity (Wildman–Crippen MR) is 81.6 cm³/mol. The van der Waals surface area contributed by atoms with Crippen LogP contribution in [0.4, 0.5) is 0 Å². The van der Waals surface area contributed by atoms with Crippen LogP contribution in [0.25, 0.3) is 0 Å². The third-order valence-corrected chi connectivity index (χ3v) is 4.21. The molecule has 0 N–H and O–H groups in total. The summed E-state index contributed by atoms with van der Waals surface area (Å²) in [5.74, 6) is -1.22. The SMILES string of the molecule is CC(=O)O[C@H](C(=O)O[C@@H]1CCC(C#N)=C1Br)c1ccccc1. The van der Waals surface area contributed by atoms with Crippen molar-refractivity contribution in [3.63, 3.8) is 0 Å². The van der Waals surface area contributed by atoms with Crippen LogP contribution in [0.1, 0.15) is 31.4 Å². The molecular weight excluding hydrogens is 350 g/mol. The molecule has 0 radical (unpaired) electrons. The molecular formula is C16H14BrNO4. The third kappa shape index (κ3) is 3.74. The molecule has 5 nitrogen and oxygen atoms in total. The van der Waals surface area contributed by atoms with E-state index in [-0.39, 0.29) is 0 Å². The van der Waals surface area contributed by atoms with Crippen molar-refractivity contribution in [1.29, 1.82) is 5.26 Å². The first-order valence-corrected chi connectivity index (χ1v) is 7.53. The van der Waals surface area contributed by atoms with Crippen molar-refractivity contribution >= 4 is 27.9 Å². The van der Waals surface area contributed by atoms with Gasteiger partial charge in [-0.25, -0.2) is 4.79 Å². The standard InChI is InChI=1S/C16H14BrNO4/c1-10(19)21-15(11-5-3-2-4-6-11)16(20)22-13-8-7-12(9-18)14(13)17/h2-6,13,15H,7-8H2,1H3/t13-,15+/m1/s1. The van der Waals surface area contributed by atoms with E-state index in [9.17, 15) is 9.59 Å². The van der Waals surface area contributed by atoms with E-state index in [1.807, 2.05) is 0 Å². The molecule has 1 aromatic rings. The lowest BCUT2D eigenvalue weighted by Gasteiger charge is -2.19. The van der Waals surface area contributed by atoms with Gasteiger partial charge < -0.3 is 9.47 Å². The Morgan fingerprint density at radius 2 is 2.05 bits per heavy atom. The molecule has 0 saturated carbocycles. The summed E-state index contributed by atoms with van der Waals surface area (Å²) in [5, 5.41) is 8.95. The monoisotopic (exact) mass is 363 g/mol. The number of rotatable bonds is 4. The van der Waals surface area contributed by atoms with Crippen molar-refractivity contribution in [2.24, 2.45) is 0 Å². The fourth-order valence-electron chi connectivity index (χ4n) is 2.18. The molecule has 0 saturated heterocycles. The number of carbonyl (C=O) groups is 2. The van der Waals surface area contributed by atoms with Gasteiger partial charge in [0.1, 0.15) is 6.10 Å². The number of carbonyl (C=O) groups excluding carboxylic acids is 2. The summed E-state index contributed by atoms with van der Waals surface area (Å²) in [6, 6.07) is 10.7. The first kappa shape index (κ1) is 16.2. The molecule has 0 spiro atoms. The molecule has 1 aliphatic rings. The first-order valence-electron chi connectivity index (χ1n) is 6.74. The highest BCUT2D eigenvalue weighted by molar-refractivity contribution is 9.11. The molecule has 0 amide bonds. The Balaban J connectivity index is 2.16. The number of esters is 2. The Morgan fingerprint density at radius 3 is 2.59 bits per heavy atom. The fourth-order valence-corrected chi connectivity index (χ4v) is 2.79. The summed E-state index contributed by atoms with van der Waals surface area (Å²) >= 11 is 3.29. The van der Waals surface area contributed by atoms with Gasteiger partial charge in [-0.15, -0.1) is 0 Å². The second-order valence-electron chi connectivity index (χ2n) is 4.80. The molecule has 0 bridgehead atoms. The van der Waals surface area contributed by atoms with E-state index in [1.54, 1.807) is 30.3 Å². The molecule has 2 rings (SSSR count). The van der Waals surface area contributed by atoms with E-state index >= 15 is 0 Å². The molecule has 6 heteroatoms. The summed E-state index contributed by atoms with van der Waals surface area (Å²) in [5.41, 5.74) is 1.11. The molecule has 1 aliphatic carbocycles. The Hall–Kier alpha value is -2.13. The minimum atomic E-state index is -1.11. The Morgan fingerprint density at radius 1 is 1.36 bits per heavy atom. The summed E-state index contributed by atoms with van der Waals surface area (Å²) in [6.07, 6.45) is -0.524. The van der Waals surface area contributed by atoms with Crippen molar-refractivity contribution in [1.82, 2.24) is 0 Å². The van der Waals surface area contributed by atoms with Crippen LogP contribution >= 0.6 is 15.9 Å². The number of benzene rings is 1. The zero-order valence-corrected chi connectivity index (χ0v) is 13.5. The van der Waals surface area contributed by atoms with Crippen molar-refractivity contribution in [3.05, 3.63) is 46.0 Å². The van der Waals surface area contributed by atoms with Crippen LogP contribution in [-0.2, 0) is 19.1 Å². The van der Waals surface area contributed by atoms with Crippen LogP contribution in [0.15, 0.2) is 40.4 Å². The van der Waals surface area contributed by atoms with Crippen molar-refractivity contribution in [3.8, 4) is 6.07 Å². The molecule has 1 aromatic carbocycles. The first-order chi connectivity index (χ1) is 10.5. The van der Waals surface area contributed by atoms with Gasteiger partial charge in [-0.1, -0.05) is 46.3 Å². The van der Waals surface area contributed by atoms with E-state index in [0.717, 1.165) is 0 Å². The lowest BCUT2D eigenvalue weighted by atomic mass is 10.1. The lowest BCUT2D eigenvalue weighted by Crippen LogP contribution is -2.25. The van der Waals surface area contributed by atoms with Crippen molar-refractivity contribution < 1.29 is 19.1 Å².